The average Bonchev–Trinajstić information content (AvgIpc) is 3.37. The lowest BCUT2D eigenvalue weighted by Gasteiger charge is -2.05. The van der Waals surface area contributed by atoms with Crippen LogP contribution in [0.15, 0.2) is 51.9 Å². The van der Waals surface area contributed by atoms with Crippen LogP contribution in [-0.2, 0) is 33.6 Å². The summed E-state index contributed by atoms with van der Waals surface area (Å²) in [5.41, 5.74) is -1.02. The lowest BCUT2D eigenvalue weighted by Crippen LogP contribution is -2.38. The molecule has 0 bridgehead atoms. The number of nitrogens with zero attached hydrogens (tertiary/aromatic N) is 1. The normalized spacial score (nSPS) is 12.7. The van der Waals surface area contributed by atoms with Crippen LogP contribution >= 0.6 is 11.3 Å². The van der Waals surface area contributed by atoms with Crippen LogP contribution < -0.4 is 20.1 Å². The van der Waals surface area contributed by atoms with Crippen molar-refractivity contribution in [2.75, 3.05) is 6.61 Å². The molecular formula is C22H19F3N2O5S. The molecule has 3 aromatic rings. The molecule has 0 aliphatic carbocycles. The van der Waals surface area contributed by atoms with E-state index in [-0.39, 0.29) is 28.9 Å². The Labute approximate surface area is 189 Å². The molecule has 0 aliphatic heterocycles. The van der Waals surface area contributed by atoms with E-state index in [1.807, 2.05) is 0 Å². The van der Waals surface area contributed by atoms with Gasteiger partial charge < -0.3 is 14.5 Å². The van der Waals surface area contributed by atoms with Crippen molar-refractivity contribution < 1.29 is 31.9 Å². The van der Waals surface area contributed by atoms with Gasteiger partial charge in [0.05, 0.1) is 35.6 Å². The van der Waals surface area contributed by atoms with E-state index >= 15 is 0 Å². The highest BCUT2D eigenvalue weighted by atomic mass is 32.1. The maximum absolute atomic E-state index is 12.9. The number of halogens is 3. The largest absolute Gasteiger partial charge is 0.467 e. The molecule has 33 heavy (non-hydrogen) atoms. The summed E-state index contributed by atoms with van der Waals surface area (Å²) < 4.78 is 49.8. The molecule has 0 atom stereocenters. The number of rotatable bonds is 7. The Balaban J connectivity index is 1.94. The minimum Gasteiger partial charge on any atom is -0.467 e. The molecule has 1 amide bonds. The van der Waals surface area contributed by atoms with Crippen molar-refractivity contribution in [2.24, 2.45) is 0 Å². The summed E-state index contributed by atoms with van der Waals surface area (Å²) >= 11 is 0.921. The summed E-state index contributed by atoms with van der Waals surface area (Å²) in [4.78, 5) is 37.2. The molecule has 1 N–H and O–H groups in total. The third kappa shape index (κ3) is 6.45. The molecule has 3 rings (SSSR count). The number of amides is 1. The van der Waals surface area contributed by atoms with Crippen LogP contribution in [0.25, 0.3) is 12.2 Å². The van der Waals surface area contributed by atoms with Gasteiger partial charge in [-0.25, -0.2) is 4.79 Å². The Kier molecular flexibility index (Phi) is 7.54. The molecule has 0 saturated carbocycles. The van der Waals surface area contributed by atoms with Gasteiger partial charge in [0.15, 0.2) is 0 Å². The van der Waals surface area contributed by atoms with Gasteiger partial charge in [-0.3, -0.25) is 14.2 Å². The monoisotopic (exact) mass is 480 g/mol. The van der Waals surface area contributed by atoms with Crippen molar-refractivity contribution in [2.45, 2.75) is 26.2 Å². The fourth-order valence-corrected chi connectivity index (χ4v) is 3.83. The lowest BCUT2D eigenvalue weighted by atomic mass is 10.1. The smallest absolute Gasteiger partial charge is 0.416 e. The van der Waals surface area contributed by atoms with Crippen LogP contribution in [0.5, 0.6) is 0 Å². The van der Waals surface area contributed by atoms with E-state index in [1.165, 1.54) is 24.5 Å². The van der Waals surface area contributed by atoms with Crippen molar-refractivity contribution in [3.63, 3.8) is 0 Å². The third-order valence-corrected chi connectivity index (χ3v) is 5.40. The molecule has 174 valence electrons. The van der Waals surface area contributed by atoms with Gasteiger partial charge in [-0.2, -0.15) is 13.2 Å². The number of carbonyl (C=O) groups is 2. The van der Waals surface area contributed by atoms with E-state index in [4.69, 9.17) is 9.15 Å². The second kappa shape index (κ2) is 10.3. The van der Waals surface area contributed by atoms with E-state index < -0.39 is 29.2 Å². The van der Waals surface area contributed by atoms with Gasteiger partial charge in [-0.15, -0.1) is 11.3 Å². The van der Waals surface area contributed by atoms with Crippen LogP contribution in [0, 0.1) is 0 Å². The SMILES string of the molecule is CCOC(=O)/C=c1\s/c(=C/c2ccc(C(F)(F)F)cc2)c(=O)n1CC(=O)NCc1ccco1. The van der Waals surface area contributed by atoms with Gasteiger partial charge in [-0.1, -0.05) is 12.1 Å². The molecule has 7 nitrogen and oxygen atoms in total. The van der Waals surface area contributed by atoms with E-state index in [0.29, 0.717) is 11.3 Å². The fourth-order valence-electron chi connectivity index (χ4n) is 2.80. The number of hydrogen-bond acceptors (Lipinski definition) is 6. The van der Waals surface area contributed by atoms with Crippen molar-refractivity contribution >= 4 is 35.4 Å². The Hall–Kier alpha value is -3.60. The maximum atomic E-state index is 12.9. The average molecular weight is 480 g/mol. The Bertz CT molecular complexity index is 1290. The van der Waals surface area contributed by atoms with E-state index in [0.717, 1.165) is 34.1 Å². The van der Waals surface area contributed by atoms with Gasteiger partial charge in [0, 0.05) is 0 Å². The van der Waals surface area contributed by atoms with Crippen molar-refractivity contribution in [1.29, 1.82) is 0 Å². The Morgan fingerprint density at radius 3 is 2.55 bits per heavy atom. The third-order valence-electron chi connectivity index (χ3n) is 4.34. The molecule has 0 saturated heterocycles. The molecular weight excluding hydrogens is 461 g/mol. The summed E-state index contributed by atoms with van der Waals surface area (Å²) in [6.45, 7) is 1.49. The molecule has 2 heterocycles. The summed E-state index contributed by atoms with van der Waals surface area (Å²) in [6.07, 6.45) is -0.522. The highest BCUT2D eigenvalue weighted by Gasteiger charge is 2.29. The number of carbonyl (C=O) groups excluding carboxylic acids is 2. The number of thiazole rings is 1. The molecule has 0 aliphatic rings. The molecule has 0 radical (unpaired) electrons. The van der Waals surface area contributed by atoms with Gasteiger partial charge in [0.25, 0.3) is 5.56 Å². The molecule has 0 unspecified atom stereocenters. The highest BCUT2D eigenvalue weighted by Crippen LogP contribution is 2.29. The minimum atomic E-state index is -4.47. The number of ether oxygens (including phenoxy) is 1. The van der Waals surface area contributed by atoms with E-state index in [9.17, 15) is 27.6 Å². The summed E-state index contributed by atoms with van der Waals surface area (Å²) in [7, 11) is 0. The van der Waals surface area contributed by atoms with Crippen molar-refractivity contribution in [3.8, 4) is 0 Å². The van der Waals surface area contributed by atoms with Gasteiger partial charge in [0.2, 0.25) is 5.91 Å². The lowest BCUT2D eigenvalue weighted by molar-refractivity contribution is -0.137. The van der Waals surface area contributed by atoms with Crippen LogP contribution in [-0.4, -0.2) is 23.1 Å². The first-order valence-corrected chi connectivity index (χ1v) is 10.5. The number of benzene rings is 1. The molecule has 0 fully saturated rings. The zero-order valence-electron chi connectivity index (χ0n) is 17.3. The number of nitrogens with one attached hydrogen (secondary N) is 1. The van der Waals surface area contributed by atoms with E-state index in [1.54, 1.807) is 19.1 Å². The first-order valence-electron chi connectivity index (χ1n) is 9.73. The Morgan fingerprint density at radius 2 is 1.94 bits per heavy atom. The van der Waals surface area contributed by atoms with Crippen molar-refractivity contribution in [3.05, 3.63) is 79.1 Å². The number of hydrogen-bond donors (Lipinski definition) is 1. The fraction of sp³-hybridized carbons (Fsp3) is 0.227. The number of esters is 1. The maximum Gasteiger partial charge on any atom is 0.416 e. The summed E-state index contributed by atoms with van der Waals surface area (Å²) in [5.74, 6) is -0.661. The zero-order valence-corrected chi connectivity index (χ0v) is 18.2. The summed E-state index contributed by atoms with van der Waals surface area (Å²) in [5, 5.41) is 2.61. The number of alkyl halides is 3. The molecule has 1 aromatic carbocycles. The van der Waals surface area contributed by atoms with Crippen LogP contribution in [0.3, 0.4) is 0 Å². The van der Waals surface area contributed by atoms with Gasteiger partial charge >= 0.3 is 12.1 Å². The summed E-state index contributed by atoms with van der Waals surface area (Å²) in [6, 6.07) is 7.63. The number of aromatic nitrogens is 1. The topological polar surface area (TPSA) is 90.5 Å². The van der Waals surface area contributed by atoms with Crippen molar-refractivity contribution in [1.82, 2.24) is 9.88 Å². The number of furan rings is 1. The minimum absolute atomic E-state index is 0.117. The van der Waals surface area contributed by atoms with Gasteiger partial charge in [-0.05, 0) is 42.8 Å². The molecule has 11 heteroatoms. The quantitative estimate of drug-likeness (QED) is 0.523. The van der Waals surface area contributed by atoms with E-state index in [2.05, 4.69) is 5.32 Å². The second-order valence-corrected chi connectivity index (χ2v) is 7.77. The second-order valence-electron chi connectivity index (χ2n) is 6.71. The van der Waals surface area contributed by atoms with Crippen LogP contribution in [0.2, 0.25) is 0 Å². The Morgan fingerprint density at radius 1 is 1.21 bits per heavy atom. The van der Waals surface area contributed by atoms with Crippen LogP contribution in [0.1, 0.15) is 23.8 Å². The molecule has 0 spiro atoms. The van der Waals surface area contributed by atoms with Crippen LogP contribution in [0.4, 0.5) is 13.2 Å². The first kappa shape index (κ1) is 24.1. The van der Waals surface area contributed by atoms with Gasteiger partial charge in [0.1, 0.15) is 17.0 Å². The zero-order chi connectivity index (χ0) is 24.0. The highest BCUT2D eigenvalue weighted by molar-refractivity contribution is 7.07. The first-order chi connectivity index (χ1) is 15.7. The predicted molar refractivity (Wildman–Crippen MR) is 114 cm³/mol. The predicted octanol–water partition coefficient (Wildman–Crippen LogP) is 2.01. The standard InChI is InChI=1S/C22H19F3N2O5S/c1-2-31-20(29)11-19-27(13-18(28)26-12-16-4-3-9-32-16)21(30)17(33-19)10-14-5-7-15(8-6-14)22(23,24)25/h3-11H,2,12-13H2,1H3,(H,26,28)/b17-10+,19-11-. The molecule has 2 aromatic heterocycles.